The third kappa shape index (κ3) is 5.57. The van der Waals surface area contributed by atoms with E-state index in [0.717, 1.165) is 11.3 Å². The van der Waals surface area contributed by atoms with E-state index in [1.807, 2.05) is 23.6 Å². The standard InChI is InChI=1S/C16H21N3O4S.ClH/c1-21-11(8-17)7-15(20)19-16-18-12(9-24-16)10-4-5-13(22-2)14(6-10)23-3;/h4-6,9,11H,7-8,17H2,1-3H3,(H,18,19,20);1H. The minimum Gasteiger partial charge on any atom is -0.493 e. The number of thiazole rings is 1. The number of halogens is 1. The molecule has 3 N–H and O–H groups in total. The zero-order valence-corrected chi connectivity index (χ0v) is 15.9. The molecule has 1 atom stereocenters. The molecule has 1 amide bonds. The third-order valence-electron chi connectivity index (χ3n) is 3.44. The molecule has 9 heteroatoms. The summed E-state index contributed by atoms with van der Waals surface area (Å²) in [5.74, 6) is 1.09. The smallest absolute Gasteiger partial charge is 0.228 e. The van der Waals surface area contributed by atoms with Gasteiger partial charge >= 0.3 is 0 Å². The summed E-state index contributed by atoms with van der Waals surface area (Å²) in [6.07, 6.45) is -0.103. The number of carbonyl (C=O) groups is 1. The van der Waals surface area contributed by atoms with Crippen LogP contribution >= 0.6 is 23.7 Å². The first-order valence-electron chi connectivity index (χ1n) is 7.31. The molecule has 1 aromatic heterocycles. The second kappa shape index (κ2) is 10.2. The average molecular weight is 388 g/mol. The van der Waals surface area contributed by atoms with Crippen LogP contribution in [-0.4, -0.2) is 44.9 Å². The van der Waals surface area contributed by atoms with Crippen molar-refractivity contribution < 1.29 is 19.0 Å². The Bertz CT molecular complexity index is 692. The Morgan fingerprint density at radius 2 is 2.00 bits per heavy atom. The fraction of sp³-hybridized carbons (Fsp3) is 0.375. The highest BCUT2D eigenvalue weighted by Crippen LogP contribution is 2.33. The molecule has 7 nitrogen and oxygen atoms in total. The zero-order chi connectivity index (χ0) is 17.5. The van der Waals surface area contributed by atoms with E-state index in [1.165, 1.54) is 18.4 Å². The minimum absolute atomic E-state index is 0. The van der Waals surface area contributed by atoms with Crippen LogP contribution in [0.25, 0.3) is 11.3 Å². The van der Waals surface area contributed by atoms with Crippen molar-refractivity contribution in [2.75, 3.05) is 33.2 Å². The van der Waals surface area contributed by atoms with Gasteiger partial charge in [0.2, 0.25) is 5.91 Å². The number of nitrogens with one attached hydrogen (secondary N) is 1. The lowest BCUT2D eigenvalue weighted by Gasteiger charge is -2.11. The summed E-state index contributed by atoms with van der Waals surface area (Å²) in [7, 11) is 4.70. The van der Waals surface area contributed by atoms with E-state index in [4.69, 9.17) is 19.9 Å². The first kappa shape index (κ1) is 21.2. The molecule has 0 aliphatic rings. The summed E-state index contributed by atoms with van der Waals surface area (Å²) in [6, 6.07) is 5.54. The molecule has 0 aliphatic carbocycles. The van der Waals surface area contributed by atoms with Crippen molar-refractivity contribution in [2.45, 2.75) is 12.5 Å². The third-order valence-corrected chi connectivity index (χ3v) is 4.20. The Morgan fingerprint density at radius 1 is 1.28 bits per heavy atom. The van der Waals surface area contributed by atoms with Gasteiger partial charge in [-0.1, -0.05) is 0 Å². The number of hydrogen-bond donors (Lipinski definition) is 2. The highest BCUT2D eigenvalue weighted by atomic mass is 35.5. The SMILES string of the molecule is COc1ccc(-c2csc(NC(=O)CC(CN)OC)n2)cc1OC.Cl. The molecule has 138 valence electrons. The van der Waals surface area contributed by atoms with Crippen LogP contribution in [0, 0.1) is 0 Å². The Hall–Kier alpha value is -1.87. The van der Waals surface area contributed by atoms with Gasteiger partial charge in [0.05, 0.1) is 32.4 Å². The topological polar surface area (TPSA) is 95.7 Å². The molecular formula is C16H22ClN3O4S. The molecule has 0 fully saturated rings. The molecule has 2 rings (SSSR count). The van der Waals surface area contributed by atoms with Crippen molar-refractivity contribution in [1.29, 1.82) is 0 Å². The highest BCUT2D eigenvalue weighted by Gasteiger charge is 2.14. The predicted octanol–water partition coefficient (Wildman–Crippen LogP) is 2.55. The van der Waals surface area contributed by atoms with Gasteiger partial charge in [0.1, 0.15) is 0 Å². The quantitative estimate of drug-likeness (QED) is 0.722. The van der Waals surface area contributed by atoms with E-state index in [-0.39, 0.29) is 30.8 Å². The molecule has 1 unspecified atom stereocenters. The summed E-state index contributed by atoms with van der Waals surface area (Å²) >= 11 is 1.35. The molecular weight excluding hydrogens is 366 g/mol. The number of hydrogen-bond acceptors (Lipinski definition) is 7. The molecule has 0 bridgehead atoms. The van der Waals surface area contributed by atoms with E-state index in [9.17, 15) is 4.79 Å². The largest absolute Gasteiger partial charge is 0.493 e. The number of methoxy groups -OCH3 is 3. The Kier molecular flexibility index (Phi) is 8.64. The van der Waals surface area contributed by atoms with E-state index in [0.29, 0.717) is 23.2 Å². The summed E-state index contributed by atoms with van der Waals surface area (Å²) < 4.78 is 15.6. The maximum Gasteiger partial charge on any atom is 0.228 e. The van der Waals surface area contributed by atoms with E-state index >= 15 is 0 Å². The number of aromatic nitrogens is 1. The van der Waals surface area contributed by atoms with Gasteiger partial charge < -0.3 is 25.3 Å². The van der Waals surface area contributed by atoms with Crippen molar-refractivity contribution >= 4 is 34.8 Å². The van der Waals surface area contributed by atoms with Crippen molar-refractivity contribution in [3.05, 3.63) is 23.6 Å². The predicted molar refractivity (Wildman–Crippen MR) is 101 cm³/mol. The monoisotopic (exact) mass is 387 g/mol. The number of nitrogens with zero attached hydrogens (tertiary/aromatic N) is 1. The van der Waals surface area contributed by atoms with Crippen molar-refractivity contribution in [2.24, 2.45) is 5.73 Å². The molecule has 0 saturated heterocycles. The summed E-state index contributed by atoms with van der Waals surface area (Å²) in [5, 5.41) is 5.15. The average Bonchev–Trinajstić information content (AvgIpc) is 3.07. The molecule has 25 heavy (non-hydrogen) atoms. The zero-order valence-electron chi connectivity index (χ0n) is 14.3. The lowest BCUT2D eigenvalue weighted by molar-refractivity contribution is -0.118. The van der Waals surface area contributed by atoms with Gasteiger partial charge in [0.25, 0.3) is 0 Å². The van der Waals surface area contributed by atoms with Crippen LogP contribution in [0.3, 0.4) is 0 Å². The Balaban J connectivity index is 0.00000312. The first-order chi connectivity index (χ1) is 11.6. The Morgan fingerprint density at radius 3 is 2.60 bits per heavy atom. The fourth-order valence-electron chi connectivity index (χ4n) is 2.10. The van der Waals surface area contributed by atoms with Crippen LogP contribution < -0.4 is 20.5 Å². The Labute approximate surface area is 156 Å². The van der Waals surface area contributed by atoms with Crippen LogP contribution in [0.15, 0.2) is 23.6 Å². The number of amides is 1. The molecule has 1 heterocycles. The van der Waals surface area contributed by atoms with E-state index < -0.39 is 0 Å². The van der Waals surface area contributed by atoms with Crippen LogP contribution in [0.1, 0.15) is 6.42 Å². The lowest BCUT2D eigenvalue weighted by atomic mass is 10.1. The molecule has 0 aliphatic heterocycles. The lowest BCUT2D eigenvalue weighted by Crippen LogP contribution is -2.28. The first-order valence-corrected chi connectivity index (χ1v) is 8.19. The second-order valence-electron chi connectivity index (χ2n) is 4.95. The van der Waals surface area contributed by atoms with Gasteiger partial charge in [-0.2, -0.15) is 0 Å². The van der Waals surface area contributed by atoms with Crippen LogP contribution in [0.4, 0.5) is 5.13 Å². The number of ether oxygens (including phenoxy) is 3. The summed E-state index contributed by atoms with van der Waals surface area (Å²) in [6.45, 7) is 0.290. The van der Waals surface area contributed by atoms with Gasteiger partial charge in [-0.3, -0.25) is 4.79 Å². The molecule has 0 spiro atoms. The number of carbonyl (C=O) groups excluding carboxylic acids is 1. The second-order valence-corrected chi connectivity index (χ2v) is 5.81. The van der Waals surface area contributed by atoms with Gasteiger partial charge in [0.15, 0.2) is 16.6 Å². The highest BCUT2D eigenvalue weighted by molar-refractivity contribution is 7.14. The van der Waals surface area contributed by atoms with Crippen LogP contribution in [0.5, 0.6) is 11.5 Å². The molecule has 2 aromatic rings. The summed E-state index contributed by atoms with van der Waals surface area (Å²) in [4.78, 5) is 16.4. The number of nitrogens with two attached hydrogens (primary N) is 1. The summed E-state index contributed by atoms with van der Waals surface area (Å²) in [5.41, 5.74) is 7.14. The van der Waals surface area contributed by atoms with Crippen molar-refractivity contribution in [3.8, 4) is 22.8 Å². The minimum atomic E-state index is -0.296. The number of benzene rings is 1. The van der Waals surface area contributed by atoms with Crippen molar-refractivity contribution in [3.63, 3.8) is 0 Å². The molecule has 0 saturated carbocycles. The van der Waals surface area contributed by atoms with Crippen LogP contribution in [0.2, 0.25) is 0 Å². The number of rotatable bonds is 8. The van der Waals surface area contributed by atoms with E-state index in [2.05, 4.69) is 10.3 Å². The van der Waals surface area contributed by atoms with Gasteiger partial charge in [-0.05, 0) is 18.2 Å². The normalized spacial score (nSPS) is 11.4. The van der Waals surface area contributed by atoms with E-state index in [1.54, 1.807) is 14.2 Å². The van der Waals surface area contributed by atoms with Crippen molar-refractivity contribution in [1.82, 2.24) is 4.98 Å². The number of anilines is 1. The van der Waals surface area contributed by atoms with Gasteiger partial charge in [0, 0.05) is 24.6 Å². The molecule has 1 aromatic carbocycles. The van der Waals surface area contributed by atoms with Gasteiger partial charge in [-0.15, -0.1) is 23.7 Å². The van der Waals surface area contributed by atoms with Gasteiger partial charge in [-0.25, -0.2) is 4.98 Å². The maximum absolute atomic E-state index is 12.0. The maximum atomic E-state index is 12.0. The molecule has 0 radical (unpaired) electrons. The van der Waals surface area contributed by atoms with Crippen LogP contribution in [-0.2, 0) is 9.53 Å². The fourth-order valence-corrected chi connectivity index (χ4v) is 2.84.